The van der Waals surface area contributed by atoms with E-state index < -0.39 is 0 Å². The summed E-state index contributed by atoms with van der Waals surface area (Å²) in [5.74, 6) is 0.778. The highest BCUT2D eigenvalue weighted by Gasteiger charge is 2.11. The van der Waals surface area contributed by atoms with Gasteiger partial charge in [-0.1, -0.05) is 6.07 Å². The molecule has 0 aliphatic rings. The monoisotopic (exact) mass is 373 g/mol. The molecule has 25 heavy (non-hydrogen) atoms. The molecule has 0 aliphatic carbocycles. The number of hydrogen-bond donors (Lipinski definition) is 1. The van der Waals surface area contributed by atoms with Gasteiger partial charge in [0.1, 0.15) is 12.4 Å². The summed E-state index contributed by atoms with van der Waals surface area (Å²) < 4.78 is 5.72. The predicted octanol–water partition coefficient (Wildman–Crippen LogP) is 4.76. The number of hydrogen-bond acceptors (Lipinski definition) is 5. The van der Waals surface area contributed by atoms with Crippen molar-refractivity contribution in [1.82, 2.24) is 9.88 Å². The summed E-state index contributed by atoms with van der Waals surface area (Å²) in [5, 5.41) is 5.91. The number of urea groups is 1. The average Bonchev–Trinajstić information content (AvgIpc) is 3.26. The number of rotatable bonds is 6. The minimum absolute atomic E-state index is 0.154. The highest BCUT2D eigenvalue weighted by atomic mass is 32.1. The normalized spacial score (nSPS) is 10.5. The molecule has 3 aromatic rings. The minimum atomic E-state index is -0.154. The maximum Gasteiger partial charge on any atom is 0.321 e. The van der Waals surface area contributed by atoms with Crippen LogP contribution in [-0.2, 0) is 13.2 Å². The van der Waals surface area contributed by atoms with Crippen molar-refractivity contribution in [3.05, 3.63) is 62.7 Å². The Morgan fingerprint density at radius 3 is 2.68 bits per heavy atom. The molecule has 2 aromatic heterocycles. The van der Waals surface area contributed by atoms with E-state index in [0.717, 1.165) is 21.3 Å². The van der Waals surface area contributed by atoms with Crippen molar-refractivity contribution in [3.63, 3.8) is 0 Å². The van der Waals surface area contributed by atoms with Crippen LogP contribution >= 0.6 is 22.7 Å². The second-order valence-corrected chi connectivity index (χ2v) is 7.88. The number of nitrogens with zero attached hydrogens (tertiary/aromatic N) is 2. The largest absolute Gasteiger partial charge is 0.488 e. The van der Waals surface area contributed by atoms with Crippen LogP contribution in [0, 0.1) is 6.92 Å². The van der Waals surface area contributed by atoms with Crippen LogP contribution in [0.15, 0.2) is 48.0 Å². The van der Waals surface area contributed by atoms with Gasteiger partial charge >= 0.3 is 6.03 Å². The van der Waals surface area contributed by atoms with E-state index in [-0.39, 0.29) is 6.03 Å². The van der Waals surface area contributed by atoms with Gasteiger partial charge in [0.25, 0.3) is 0 Å². The third-order valence-electron chi connectivity index (χ3n) is 3.48. The number of carbonyl (C=O) groups excluding carboxylic acids is 1. The van der Waals surface area contributed by atoms with Gasteiger partial charge in [0, 0.05) is 28.7 Å². The van der Waals surface area contributed by atoms with E-state index in [9.17, 15) is 4.79 Å². The Bertz CT molecular complexity index is 813. The lowest BCUT2D eigenvalue weighted by Crippen LogP contribution is -2.30. The van der Waals surface area contributed by atoms with Gasteiger partial charge in [-0.15, -0.1) is 22.7 Å². The number of thiazole rings is 1. The maximum absolute atomic E-state index is 12.3. The summed E-state index contributed by atoms with van der Waals surface area (Å²) in [6.07, 6.45) is 1.81. The third kappa shape index (κ3) is 5.04. The van der Waals surface area contributed by atoms with Gasteiger partial charge in [0.05, 0.1) is 11.6 Å². The lowest BCUT2D eigenvalue weighted by Gasteiger charge is -2.17. The lowest BCUT2D eigenvalue weighted by atomic mass is 10.3. The topological polar surface area (TPSA) is 54.5 Å². The summed E-state index contributed by atoms with van der Waals surface area (Å²) in [5.41, 5.74) is 0.737. The fourth-order valence-corrected chi connectivity index (χ4v) is 3.65. The maximum atomic E-state index is 12.3. The third-order valence-corrected chi connectivity index (χ3v) is 5.22. The summed E-state index contributed by atoms with van der Waals surface area (Å²) >= 11 is 3.27. The molecule has 7 heteroatoms. The Morgan fingerprint density at radius 1 is 1.24 bits per heavy atom. The van der Waals surface area contributed by atoms with Crippen LogP contribution in [0.2, 0.25) is 0 Å². The van der Waals surface area contributed by atoms with Gasteiger partial charge in [-0.3, -0.25) is 0 Å². The van der Waals surface area contributed by atoms with Crippen molar-refractivity contribution in [2.24, 2.45) is 0 Å². The number of aryl methyl sites for hydroxylation is 1. The summed E-state index contributed by atoms with van der Waals surface area (Å²) in [6, 6.07) is 11.3. The molecule has 0 saturated heterocycles. The Kier molecular flexibility index (Phi) is 5.67. The summed E-state index contributed by atoms with van der Waals surface area (Å²) in [7, 11) is 1.77. The highest BCUT2D eigenvalue weighted by Crippen LogP contribution is 2.19. The molecule has 5 nitrogen and oxygen atoms in total. The van der Waals surface area contributed by atoms with E-state index in [0.29, 0.717) is 13.2 Å². The first-order valence-electron chi connectivity index (χ1n) is 7.79. The van der Waals surface area contributed by atoms with Crippen LogP contribution in [0.4, 0.5) is 10.5 Å². The van der Waals surface area contributed by atoms with Gasteiger partial charge in [-0.05, 0) is 42.6 Å². The molecule has 0 unspecified atom stereocenters. The van der Waals surface area contributed by atoms with Gasteiger partial charge in [-0.2, -0.15) is 0 Å². The number of amides is 2. The van der Waals surface area contributed by atoms with Crippen LogP contribution in [0.25, 0.3) is 0 Å². The van der Waals surface area contributed by atoms with E-state index in [1.54, 1.807) is 34.6 Å². The first-order valence-corrected chi connectivity index (χ1v) is 9.48. The van der Waals surface area contributed by atoms with Gasteiger partial charge in [0.2, 0.25) is 0 Å². The number of benzene rings is 1. The Balaban J connectivity index is 1.50. The smallest absolute Gasteiger partial charge is 0.321 e. The van der Waals surface area contributed by atoms with Crippen LogP contribution in [0.5, 0.6) is 5.75 Å². The zero-order valence-electron chi connectivity index (χ0n) is 14.1. The van der Waals surface area contributed by atoms with Gasteiger partial charge in [0.15, 0.2) is 0 Å². The second kappa shape index (κ2) is 8.13. The fourth-order valence-electron chi connectivity index (χ4n) is 2.19. The Labute approximate surface area is 154 Å². The first-order chi connectivity index (χ1) is 12.1. The zero-order valence-corrected chi connectivity index (χ0v) is 15.7. The molecule has 0 radical (unpaired) electrons. The quantitative estimate of drug-likeness (QED) is 0.678. The number of nitrogens with one attached hydrogen (secondary N) is 1. The van der Waals surface area contributed by atoms with Crippen molar-refractivity contribution in [2.75, 3.05) is 12.4 Å². The van der Waals surface area contributed by atoms with Crippen molar-refractivity contribution >= 4 is 34.4 Å². The molecule has 1 aromatic carbocycles. The Hall–Kier alpha value is -2.38. The summed E-state index contributed by atoms with van der Waals surface area (Å²) in [6.45, 7) is 3.05. The van der Waals surface area contributed by atoms with Crippen molar-refractivity contribution in [1.29, 1.82) is 0 Å². The molecule has 2 amide bonds. The second-order valence-electron chi connectivity index (χ2n) is 5.52. The minimum Gasteiger partial charge on any atom is -0.488 e. The van der Waals surface area contributed by atoms with Crippen LogP contribution < -0.4 is 10.1 Å². The zero-order chi connectivity index (χ0) is 17.6. The molecule has 130 valence electrons. The average molecular weight is 374 g/mol. The molecular weight excluding hydrogens is 354 g/mol. The SMILES string of the molecule is Cc1ncc(CN(C)C(=O)Nc2ccc(OCc3cccs3)cc2)s1. The molecule has 2 heterocycles. The molecule has 0 bridgehead atoms. The molecule has 1 N–H and O–H groups in total. The van der Waals surface area contributed by atoms with Gasteiger partial charge in [-0.25, -0.2) is 9.78 Å². The number of carbonyl (C=O) groups is 1. The summed E-state index contributed by atoms with van der Waals surface area (Å²) in [4.78, 5) is 20.3. The molecule has 0 aliphatic heterocycles. The van der Waals surface area contributed by atoms with E-state index in [1.165, 1.54) is 4.88 Å². The number of ether oxygens (including phenoxy) is 1. The molecule has 0 fully saturated rings. The number of thiophene rings is 1. The molecule has 0 atom stereocenters. The lowest BCUT2D eigenvalue weighted by molar-refractivity contribution is 0.221. The van der Waals surface area contributed by atoms with Crippen LogP contribution in [0.1, 0.15) is 14.8 Å². The van der Waals surface area contributed by atoms with E-state index in [4.69, 9.17) is 4.74 Å². The van der Waals surface area contributed by atoms with E-state index in [2.05, 4.69) is 10.3 Å². The van der Waals surface area contributed by atoms with E-state index >= 15 is 0 Å². The fraction of sp³-hybridized carbons (Fsp3) is 0.222. The molecular formula is C18H19N3O2S2. The highest BCUT2D eigenvalue weighted by molar-refractivity contribution is 7.11. The van der Waals surface area contributed by atoms with Crippen molar-refractivity contribution in [2.45, 2.75) is 20.1 Å². The predicted molar refractivity (Wildman–Crippen MR) is 102 cm³/mol. The first kappa shape index (κ1) is 17.4. The van der Waals surface area contributed by atoms with E-state index in [1.807, 2.05) is 54.9 Å². The Morgan fingerprint density at radius 2 is 2.04 bits per heavy atom. The number of aromatic nitrogens is 1. The number of anilines is 1. The molecule has 3 rings (SSSR count). The van der Waals surface area contributed by atoms with Crippen LogP contribution in [0.3, 0.4) is 0 Å². The van der Waals surface area contributed by atoms with Gasteiger partial charge < -0.3 is 15.0 Å². The van der Waals surface area contributed by atoms with Crippen molar-refractivity contribution in [3.8, 4) is 5.75 Å². The molecule has 0 spiro atoms. The molecule has 0 saturated carbocycles. The van der Waals surface area contributed by atoms with Crippen molar-refractivity contribution < 1.29 is 9.53 Å². The van der Waals surface area contributed by atoms with Crippen LogP contribution in [-0.4, -0.2) is 23.0 Å². The standard InChI is InChI=1S/C18H19N3O2S2/c1-13-19-10-17(25-13)11-21(2)18(22)20-14-5-7-15(8-6-14)23-12-16-4-3-9-24-16/h3-10H,11-12H2,1-2H3,(H,20,22).